The van der Waals surface area contributed by atoms with Gasteiger partial charge in [-0.25, -0.2) is 9.67 Å². The van der Waals surface area contributed by atoms with Gasteiger partial charge in [0.25, 0.3) is 11.5 Å². The fourth-order valence-corrected chi connectivity index (χ4v) is 3.84. The maximum atomic E-state index is 12.9. The van der Waals surface area contributed by atoms with E-state index < -0.39 is 5.91 Å². The second-order valence-corrected chi connectivity index (χ2v) is 7.79. The van der Waals surface area contributed by atoms with Crippen molar-refractivity contribution in [1.29, 1.82) is 0 Å². The summed E-state index contributed by atoms with van der Waals surface area (Å²) < 4.78 is 2.29. The second kappa shape index (κ2) is 7.65. The average Bonchev–Trinajstić information content (AvgIpc) is 3.17. The third-order valence-corrected chi connectivity index (χ3v) is 5.53. The van der Waals surface area contributed by atoms with E-state index in [4.69, 9.17) is 0 Å². The molecule has 0 atom stereocenters. The van der Waals surface area contributed by atoms with Crippen molar-refractivity contribution in [2.75, 3.05) is 5.32 Å². The molecule has 0 saturated carbocycles. The molecule has 2 aromatic heterocycles. The van der Waals surface area contributed by atoms with Gasteiger partial charge in [0.1, 0.15) is 0 Å². The van der Waals surface area contributed by atoms with Gasteiger partial charge in [0.05, 0.1) is 11.1 Å². The summed E-state index contributed by atoms with van der Waals surface area (Å²) in [4.78, 5) is 29.8. The summed E-state index contributed by atoms with van der Waals surface area (Å²) in [5, 5.41) is 10.4. The Morgan fingerprint density at radius 1 is 1.14 bits per heavy atom. The standard InChI is InChI=1S/C20H15BrN4O2S/c1-2-25-19(27)15-6-4-3-5-14(15)17(24-25)18(26)23-20-22-16(11-28-20)12-7-9-13(21)10-8-12/h3-11H,2H2,1H3,(H,22,23,26). The van der Waals surface area contributed by atoms with Gasteiger partial charge in [-0.1, -0.05) is 46.3 Å². The Morgan fingerprint density at radius 3 is 2.57 bits per heavy atom. The van der Waals surface area contributed by atoms with Crippen molar-refractivity contribution in [3.05, 3.63) is 74.4 Å². The summed E-state index contributed by atoms with van der Waals surface area (Å²) in [6, 6.07) is 14.8. The molecule has 0 bridgehead atoms. The van der Waals surface area contributed by atoms with Gasteiger partial charge in [0.15, 0.2) is 10.8 Å². The molecule has 0 saturated heterocycles. The molecule has 4 rings (SSSR count). The normalized spacial score (nSPS) is 10.9. The number of thiazole rings is 1. The van der Waals surface area contributed by atoms with Crippen molar-refractivity contribution < 1.29 is 4.79 Å². The Morgan fingerprint density at radius 2 is 1.86 bits per heavy atom. The Hall–Kier alpha value is -2.84. The quantitative estimate of drug-likeness (QED) is 0.490. The maximum Gasteiger partial charge on any atom is 0.278 e. The van der Waals surface area contributed by atoms with Gasteiger partial charge >= 0.3 is 0 Å². The number of nitrogens with zero attached hydrogens (tertiary/aromatic N) is 3. The number of aryl methyl sites for hydroxylation is 1. The van der Waals surface area contributed by atoms with Crippen LogP contribution in [0.5, 0.6) is 0 Å². The Kier molecular flexibility index (Phi) is 5.06. The van der Waals surface area contributed by atoms with Crippen molar-refractivity contribution in [1.82, 2.24) is 14.8 Å². The maximum absolute atomic E-state index is 12.9. The van der Waals surface area contributed by atoms with Gasteiger partial charge in [-0.15, -0.1) is 11.3 Å². The third kappa shape index (κ3) is 3.48. The lowest BCUT2D eigenvalue weighted by atomic mass is 10.1. The average molecular weight is 455 g/mol. The predicted molar refractivity (Wildman–Crippen MR) is 115 cm³/mol. The molecule has 0 aliphatic heterocycles. The number of benzene rings is 2. The number of carbonyl (C=O) groups excluding carboxylic acids is 1. The van der Waals surface area contributed by atoms with Crippen LogP contribution < -0.4 is 10.9 Å². The number of halogens is 1. The lowest BCUT2D eigenvalue weighted by Gasteiger charge is -2.09. The van der Waals surface area contributed by atoms with E-state index in [0.29, 0.717) is 22.4 Å². The summed E-state index contributed by atoms with van der Waals surface area (Å²) in [5.41, 5.74) is 1.74. The molecule has 1 N–H and O–H groups in total. The van der Waals surface area contributed by atoms with Crippen molar-refractivity contribution in [3.63, 3.8) is 0 Å². The number of nitrogens with one attached hydrogen (secondary N) is 1. The summed E-state index contributed by atoms with van der Waals surface area (Å²) in [5.74, 6) is -0.393. The highest BCUT2D eigenvalue weighted by atomic mass is 79.9. The first-order valence-corrected chi connectivity index (χ1v) is 10.3. The zero-order valence-corrected chi connectivity index (χ0v) is 17.3. The minimum absolute atomic E-state index is 0.206. The van der Waals surface area contributed by atoms with Gasteiger partial charge in [0, 0.05) is 27.3 Å². The van der Waals surface area contributed by atoms with Crippen LogP contribution in [0.25, 0.3) is 22.0 Å². The van der Waals surface area contributed by atoms with Crippen LogP contribution in [0.1, 0.15) is 17.4 Å². The number of aromatic nitrogens is 3. The highest BCUT2D eigenvalue weighted by molar-refractivity contribution is 9.10. The van der Waals surface area contributed by atoms with Crippen molar-refractivity contribution >= 4 is 49.1 Å². The Labute approximate surface area is 173 Å². The molecular weight excluding hydrogens is 440 g/mol. The third-order valence-electron chi connectivity index (χ3n) is 4.25. The Balaban J connectivity index is 1.67. The predicted octanol–water partition coefficient (Wildman–Crippen LogP) is 4.55. The Bertz CT molecular complexity index is 1230. The molecule has 28 heavy (non-hydrogen) atoms. The number of carbonyl (C=O) groups is 1. The highest BCUT2D eigenvalue weighted by Gasteiger charge is 2.17. The molecule has 0 aliphatic rings. The van der Waals surface area contributed by atoms with Gasteiger partial charge in [0.2, 0.25) is 0 Å². The van der Waals surface area contributed by atoms with E-state index in [9.17, 15) is 9.59 Å². The molecule has 0 unspecified atom stereocenters. The number of anilines is 1. The van der Waals surface area contributed by atoms with E-state index in [-0.39, 0.29) is 11.3 Å². The number of hydrogen-bond donors (Lipinski definition) is 1. The molecule has 1 amide bonds. The largest absolute Gasteiger partial charge is 0.296 e. The van der Waals surface area contributed by atoms with E-state index in [1.54, 1.807) is 24.3 Å². The lowest BCUT2D eigenvalue weighted by Crippen LogP contribution is -2.27. The first-order valence-electron chi connectivity index (χ1n) is 8.59. The molecular formula is C20H15BrN4O2S. The number of hydrogen-bond acceptors (Lipinski definition) is 5. The van der Waals surface area contributed by atoms with Crippen molar-refractivity contribution in [3.8, 4) is 11.3 Å². The van der Waals surface area contributed by atoms with Crippen LogP contribution in [0.4, 0.5) is 5.13 Å². The smallest absolute Gasteiger partial charge is 0.278 e. The van der Waals surface area contributed by atoms with E-state index in [1.807, 2.05) is 36.6 Å². The van der Waals surface area contributed by atoms with Crippen molar-refractivity contribution in [2.24, 2.45) is 0 Å². The second-order valence-electron chi connectivity index (χ2n) is 6.01. The van der Waals surface area contributed by atoms with Crippen molar-refractivity contribution in [2.45, 2.75) is 13.5 Å². The number of amides is 1. The van der Waals surface area contributed by atoms with Crippen LogP contribution in [0.2, 0.25) is 0 Å². The van der Waals surface area contributed by atoms with Crippen LogP contribution >= 0.6 is 27.3 Å². The van der Waals surface area contributed by atoms with Gasteiger partial charge in [-0.05, 0) is 25.1 Å². The number of rotatable bonds is 4. The zero-order chi connectivity index (χ0) is 19.7. The van der Waals surface area contributed by atoms with Crippen LogP contribution in [-0.4, -0.2) is 20.7 Å². The van der Waals surface area contributed by atoms with Crippen LogP contribution in [0, 0.1) is 0 Å². The van der Waals surface area contributed by atoms with E-state index in [0.717, 1.165) is 15.7 Å². The minimum Gasteiger partial charge on any atom is -0.296 e. The van der Waals surface area contributed by atoms with Gasteiger partial charge in [-0.3, -0.25) is 14.9 Å². The summed E-state index contributed by atoms with van der Waals surface area (Å²) in [6.07, 6.45) is 0. The molecule has 6 nitrogen and oxygen atoms in total. The molecule has 140 valence electrons. The molecule has 4 aromatic rings. The molecule has 0 spiro atoms. The zero-order valence-electron chi connectivity index (χ0n) is 14.8. The first-order chi connectivity index (χ1) is 13.6. The van der Waals surface area contributed by atoms with Crippen LogP contribution in [-0.2, 0) is 6.54 Å². The van der Waals surface area contributed by atoms with E-state index >= 15 is 0 Å². The highest BCUT2D eigenvalue weighted by Crippen LogP contribution is 2.26. The first kappa shape index (κ1) is 18.5. The molecule has 2 aromatic carbocycles. The van der Waals surface area contributed by atoms with Crippen LogP contribution in [0.3, 0.4) is 0 Å². The minimum atomic E-state index is -0.393. The molecule has 8 heteroatoms. The summed E-state index contributed by atoms with van der Waals surface area (Å²) in [6.45, 7) is 2.20. The summed E-state index contributed by atoms with van der Waals surface area (Å²) in [7, 11) is 0. The van der Waals surface area contributed by atoms with Crippen LogP contribution in [0.15, 0.2) is 63.2 Å². The van der Waals surface area contributed by atoms with E-state index in [2.05, 4.69) is 31.3 Å². The number of fused-ring (bicyclic) bond motifs is 1. The lowest BCUT2D eigenvalue weighted by molar-refractivity contribution is 0.102. The van der Waals surface area contributed by atoms with Gasteiger partial charge < -0.3 is 0 Å². The monoisotopic (exact) mass is 454 g/mol. The SMILES string of the molecule is CCn1nc(C(=O)Nc2nc(-c3ccc(Br)cc3)cs2)c2ccccc2c1=O. The molecule has 2 heterocycles. The van der Waals surface area contributed by atoms with E-state index in [1.165, 1.54) is 16.0 Å². The van der Waals surface area contributed by atoms with Gasteiger partial charge in [-0.2, -0.15) is 5.10 Å². The summed E-state index contributed by atoms with van der Waals surface area (Å²) >= 11 is 4.75. The molecule has 0 fully saturated rings. The fourth-order valence-electron chi connectivity index (χ4n) is 2.86. The topological polar surface area (TPSA) is 76.9 Å². The molecule has 0 radical (unpaired) electrons. The fraction of sp³-hybridized carbons (Fsp3) is 0.100. The molecule has 0 aliphatic carbocycles.